The molecule has 0 unspecified atom stereocenters. The number of carbonyl (C=O) groups is 1. The molecule has 0 aliphatic heterocycles. The van der Waals surface area contributed by atoms with E-state index >= 15 is 0 Å². The summed E-state index contributed by atoms with van der Waals surface area (Å²) in [7, 11) is 0. The van der Waals surface area contributed by atoms with Gasteiger partial charge >= 0.3 is 6.03 Å². The van der Waals surface area contributed by atoms with Crippen molar-refractivity contribution in [1.82, 2.24) is 20.4 Å². The van der Waals surface area contributed by atoms with Gasteiger partial charge in [-0.25, -0.2) is 9.48 Å². The van der Waals surface area contributed by atoms with Gasteiger partial charge in [-0.05, 0) is 42.8 Å². The number of nitrogens with zero attached hydrogens (tertiary/aromatic N) is 2. The van der Waals surface area contributed by atoms with Crippen molar-refractivity contribution in [3.63, 3.8) is 0 Å². The number of rotatable bonds is 6. The summed E-state index contributed by atoms with van der Waals surface area (Å²) < 4.78 is 1.83. The van der Waals surface area contributed by atoms with E-state index in [9.17, 15) is 4.79 Å². The maximum atomic E-state index is 12.0. The van der Waals surface area contributed by atoms with Crippen molar-refractivity contribution in [2.24, 2.45) is 0 Å². The molecule has 6 heteroatoms. The summed E-state index contributed by atoms with van der Waals surface area (Å²) in [4.78, 5) is 12.0. The van der Waals surface area contributed by atoms with Crippen LogP contribution in [0.15, 0.2) is 66.9 Å². The lowest BCUT2D eigenvalue weighted by Crippen LogP contribution is -2.38. The fourth-order valence-electron chi connectivity index (χ4n) is 2.61. The van der Waals surface area contributed by atoms with Crippen molar-refractivity contribution < 1.29 is 4.79 Å². The number of nitrogens with one attached hydrogen (secondary N) is 2. The van der Waals surface area contributed by atoms with Crippen molar-refractivity contribution >= 4 is 17.6 Å². The Hall–Kier alpha value is -2.79. The van der Waals surface area contributed by atoms with E-state index in [0.29, 0.717) is 18.0 Å². The number of amides is 2. The molecular formula is C20H21ClN4O. The Labute approximate surface area is 158 Å². The highest BCUT2D eigenvalue weighted by Crippen LogP contribution is 2.15. The normalized spacial score (nSPS) is 11.8. The molecule has 0 fully saturated rings. The summed E-state index contributed by atoms with van der Waals surface area (Å²) in [6, 6.07) is 19.0. The van der Waals surface area contributed by atoms with E-state index in [1.807, 2.05) is 78.5 Å². The summed E-state index contributed by atoms with van der Waals surface area (Å²) in [5, 5.41) is 11.0. The molecule has 1 atom stereocenters. The van der Waals surface area contributed by atoms with Crippen LogP contribution in [0.1, 0.15) is 24.2 Å². The average molecular weight is 369 g/mol. The quantitative estimate of drug-likeness (QED) is 0.687. The van der Waals surface area contributed by atoms with Crippen LogP contribution < -0.4 is 10.6 Å². The molecule has 3 rings (SSSR count). The first-order valence-corrected chi connectivity index (χ1v) is 8.89. The maximum absolute atomic E-state index is 12.0. The molecule has 2 aromatic carbocycles. The molecule has 0 saturated heterocycles. The Bertz CT molecular complexity index is 846. The van der Waals surface area contributed by atoms with Crippen LogP contribution in [0.3, 0.4) is 0 Å². The van der Waals surface area contributed by atoms with Gasteiger partial charge in [-0.1, -0.05) is 41.9 Å². The highest BCUT2D eigenvalue weighted by molar-refractivity contribution is 6.30. The largest absolute Gasteiger partial charge is 0.338 e. The van der Waals surface area contributed by atoms with Crippen molar-refractivity contribution in [3.8, 4) is 5.69 Å². The van der Waals surface area contributed by atoms with E-state index in [4.69, 9.17) is 11.6 Å². The molecule has 26 heavy (non-hydrogen) atoms. The van der Waals surface area contributed by atoms with E-state index in [1.54, 1.807) is 0 Å². The van der Waals surface area contributed by atoms with Crippen LogP contribution >= 0.6 is 11.6 Å². The zero-order valence-electron chi connectivity index (χ0n) is 14.5. The first kappa shape index (κ1) is 18.0. The number of carbonyl (C=O) groups excluding carboxylic acids is 1. The van der Waals surface area contributed by atoms with E-state index in [1.165, 1.54) is 0 Å². The molecule has 2 N–H and O–H groups in total. The molecule has 3 aromatic rings. The molecule has 0 saturated carbocycles. The third-order valence-electron chi connectivity index (χ3n) is 4.05. The molecule has 0 bridgehead atoms. The number of hydrogen-bond acceptors (Lipinski definition) is 2. The Balaban J connectivity index is 1.45. The van der Waals surface area contributed by atoms with Gasteiger partial charge in [0.15, 0.2) is 0 Å². The Morgan fingerprint density at radius 2 is 1.85 bits per heavy atom. The van der Waals surface area contributed by atoms with Gasteiger partial charge in [0, 0.05) is 24.2 Å². The number of benzene rings is 2. The summed E-state index contributed by atoms with van der Waals surface area (Å²) in [6.45, 7) is 2.45. The van der Waals surface area contributed by atoms with Gasteiger partial charge in [0.1, 0.15) is 0 Å². The minimum absolute atomic E-state index is 0.0930. The predicted molar refractivity (Wildman–Crippen MR) is 104 cm³/mol. The Morgan fingerprint density at radius 1 is 1.12 bits per heavy atom. The second-order valence-corrected chi connectivity index (χ2v) is 6.45. The highest BCUT2D eigenvalue weighted by atomic mass is 35.5. The van der Waals surface area contributed by atoms with Crippen molar-refractivity contribution in [3.05, 3.63) is 83.1 Å². The van der Waals surface area contributed by atoms with Crippen molar-refractivity contribution in [2.75, 3.05) is 6.54 Å². The number of aromatic nitrogens is 2. The van der Waals surface area contributed by atoms with E-state index in [0.717, 1.165) is 16.9 Å². The summed E-state index contributed by atoms with van der Waals surface area (Å²) in [6.07, 6.45) is 2.59. The van der Waals surface area contributed by atoms with Gasteiger partial charge < -0.3 is 10.6 Å². The average Bonchev–Trinajstić information content (AvgIpc) is 3.12. The zero-order chi connectivity index (χ0) is 18.4. The van der Waals surface area contributed by atoms with Gasteiger partial charge in [-0.3, -0.25) is 0 Å². The minimum atomic E-state index is -0.199. The number of para-hydroxylation sites is 1. The molecule has 5 nitrogen and oxygen atoms in total. The van der Waals surface area contributed by atoms with Crippen molar-refractivity contribution in [2.45, 2.75) is 19.4 Å². The summed E-state index contributed by atoms with van der Waals surface area (Å²) >= 11 is 5.88. The molecule has 134 valence electrons. The molecular weight excluding hydrogens is 348 g/mol. The standard InChI is InChI=1S/C20H21ClN4O/c1-15(16-7-9-17(21)10-8-16)23-20(26)22-13-11-18-12-14-25(24-18)19-5-3-2-4-6-19/h2-10,12,14-15H,11,13H2,1H3,(H2,22,23,26)/t15-/m0/s1. The SMILES string of the molecule is C[C@H](NC(=O)NCCc1ccn(-c2ccccc2)n1)c1ccc(Cl)cc1. The van der Waals surface area contributed by atoms with Crippen LogP contribution in [0.5, 0.6) is 0 Å². The third-order valence-corrected chi connectivity index (χ3v) is 4.30. The lowest BCUT2D eigenvalue weighted by molar-refractivity contribution is 0.238. The second-order valence-electron chi connectivity index (χ2n) is 6.01. The van der Waals surface area contributed by atoms with Crippen molar-refractivity contribution in [1.29, 1.82) is 0 Å². The number of urea groups is 1. The molecule has 2 amide bonds. The van der Waals surface area contributed by atoms with E-state index < -0.39 is 0 Å². The van der Waals surface area contributed by atoms with E-state index in [2.05, 4.69) is 15.7 Å². The number of hydrogen-bond donors (Lipinski definition) is 2. The summed E-state index contributed by atoms with van der Waals surface area (Å²) in [5.74, 6) is 0. The second kappa shape index (κ2) is 8.54. The van der Waals surface area contributed by atoms with Gasteiger partial charge in [0.05, 0.1) is 17.4 Å². The first-order valence-electron chi connectivity index (χ1n) is 8.51. The molecule has 0 spiro atoms. The third kappa shape index (κ3) is 4.86. The first-order chi connectivity index (χ1) is 12.6. The van der Waals surface area contributed by atoms with E-state index in [-0.39, 0.29) is 12.1 Å². The topological polar surface area (TPSA) is 59.0 Å². The van der Waals surface area contributed by atoms with Gasteiger partial charge in [-0.2, -0.15) is 5.10 Å². The highest BCUT2D eigenvalue weighted by Gasteiger charge is 2.09. The molecule has 0 radical (unpaired) electrons. The number of halogens is 1. The van der Waals surface area contributed by atoms with Crippen LogP contribution in [-0.2, 0) is 6.42 Å². The molecule has 0 aliphatic carbocycles. The molecule has 1 heterocycles. The summed E-state index contributed by atoms with van der Waals surface area (Å²) in [5.41, 5.74) is 2.95. The smallest absolute Gasteiger partial charge is 0.315 e. The monoisotopic (exact) mass is 368 g/mol. The Morgan fingerprint density at radius 3 is 2.58 bits per heavy atom. The van der Waals surface area contributed by atoms with Crippen LogP contribution in [0.25, 0.3) is 5.69 Å². The Kier molecular flexibility index (Phi) is 5.92. The van der Waals surface area contributed by atoms with Crippen LogP contribution in [-0.4, -0.2) is 22.4 Å². The zero-order valence-corrected chi connectivity index (χ0v) is 15.3. The maximum Gasteiger partial charge on any atom is 0.315 e. The van der Waals surface area contributed by atoms with Gasteiger partial charge in [-0.15, -0.1) is 0 Å². The van der Waals surface area contributed by atoms with Crippen LogP contribution in [0.4, 0.5) is 4.79 Å². The van der Waals surface area contributed by atoms with Gasteiger partial charge in [0.25, 0.3) is 0 Å². The van der Waals surface area contributed by atoms with Crippen LogP contribution in [0, 0.1) is 0 Å². The lowest BCUT2D eigenvalue weighted by Gasteiger charge is -2.15. The van der Waals surface area contributed by atoms with Gasteiger partial charge in [0.2, 0.25) is 0 Å². The fraction of sp³-hybridized carbons (Fsp3) is 0.200. The fourth-order valence-corrected chi connectivity index (χ4v) is 2.73. The minimum Gasteiger partial charge on any atom is -0.338 e. The molecule has 1 aromatic heterocycles. The van der Waals surface area contributed by atoms with Crippen LogP contribution in [0.2, 0.25) is 5.02 Å². The molecule has 0 aliphatic rings. The lowest BCUT2D eigenvalue weighted by atomic mass is 10.1. The predicted octanol–water partition coefficient (Wildman–Crippen LogP) is 4.13.